The zero-order valence-electron chi connectivity index (χ0n) is 17.0. The minimum absolute atomic E-state index is 0.0263. The monoisotopic (exact) mass is 381 g/mol. The predicted octanol–water partition coefficient (Wildman–Crippen LogP) is 2.48. The van der Waals surface area contributed by atoms with E-state index in [9.17, 15) is 4.79 Å². The molecule has 0 aliphatic rings. The summed E-state index contributed by atoms with van der Waals surface area (Å²) in [5, 5.41) is 9.56. The highest BCUT2D eigenvalue weighted by molar-refractivity contribution is 5.92. The second-order valence-electron chi connectivity index (χ2n) is 6.84. The molecule has 0 aliphatic heterocycles. The number of benzene rings is 2. The van der Waals surface area contributed by atoms with Crippen LogP contribution in [0.5, 0.6) is 0 Å². The molecule has 0 heterocycles. The van der Waals surface area contributed by atoms with E-state index < -0.39 is 0 Å². The van der Waals surface area contributed by atoms with E-state index in [0.717, 1.165) is 36.7 Å². The summed E-state index contributed by atoms with van der Waals surface area (Å²) < 4.78 is 0. The van der Waals surface area contributed by atoms with Crippen LogP contribution in [0.4, 0.5) is 5.69 Å². The Morgan fingerprint density at radius 3 is 2.46 bits per heavy atom. The smallest absolute Gasteiger partial charge is 0.238 e. The Labute approximate surface area is 168 Å². The Kier molecular flexibility index (Phi) is 9.01. The Bertz CT molecular complexity index is 759. The van der Waals surface area contributed by atoms with E-state index in [1.807, 2.05) is 49.3 Å². The largest absolute Gasteiger partial charge is 0.357 e. The zero-order valence-corrected chi connectivity index (χ0v) is 17.0. The molecule has 0 fully saturated rings. The molecule has 2 aromatic carbocycles. The average molecular weight is 382 g/mol. The quantitative estimate of drug-likeness (QED) is 0.461. The summed E-state index contributed by atoms with van der Waals surface area (Å²) in [5.41, 5.74) is 3.14. The molecule has 6 heteroatoms. The van der Waals surface area contributed by atoms with Crippen molar-refractivity contribution in [3.05, 3.63) is 65.7 Å². The van der Waals surface area contributed by atoms with E-state index in [4.69, 9.17) is 0 Å². The number of aliphatic imine (C=N–C) groups is 1. The van der Waals surface area contributed by atoms with Crippen LogP contribution in [-0.4, -0.2) is 50.5 Å². The van der Waals surface area contributed by atoms with Crippen molar-refractivity contribution < 1.29 is 4.79 Å². The van der Waals surface area contributed by atoms with Crippen molar-refractivity contribution in [3.8, 4) is 0 Å². The standard InChI is InChI=1S/C22H31N5O/c1-4-23-22(24-14-13-18-9-6-5-7-10-18)25-16-19-11-8-12-20(15-19)26-21(28)17-27(2)3/h5-12,15H,4,13-14,16-17H2,1-3H3,(H,26,28)(H2,23,24,25). The third-order valence-corrected chi connectivity index (χ3v) is 3.98. The average Bonchev–Trinajstić information content (AvgIpc) is 2.66. The van der Waals surface area contributed by atoms with Crippen LogP contribution in [0.15, 0.2) is 59.6 Å². The lowest BCUT2D eigenvalue weighted by molar-refractivity contribution is -0.116. The lowest BCUT2D eigenvalue weighted by atomic mass is 10.1. The van der Waals surface area contributed by atoms with Crippen molar-refractivity contribution in [1.29, 1.82) is 0 Å². The summed E-state index contributed by atoms with van der Waals surface area (Å²) >= 11 is 0. The number of anilines is 1. The second-order valence-corrected chi connectivity index (χ2v) is 6.84. The van der Waals surface area contributed by atoms with Gasteiger partial charge in [0.1, 0.15) is 0 Å². The maximum absolute atomic E-state index is 11.9. The van der Waals surface area contributed by atoms with Gasteiger partial charge in [-0.3, -0.25) is 4.79 Å². The molecule has 0 atom stereocenters. The number of amides is 1. The fraction of sp³-hybridized carbons (Fsp3) is 0.364. The highest BCUT2D eigenvalue weighted by atomic mass is 16.2. The van der Waals surface area contributed by atoms with Gasteiger partial charge in [0.2, 0.25) is 5.91 Å². The number of carbonyl (C=O) groups excluding carboxylic acids is 1. The summed E-state index contributed by atoms with van der Waals surface area (Å²) in [6.45, 7) is 4.57. The van der Waals surface area contributed by atoms with E-state index in [2.05, 4.69) is 52.1 Å². The molecule has 0 saturated carbocycles. The van der Waals surface area contributed by atoms with Gasteiger partial charge in [-0.1, -0.05) is 42.5 Å². The first-order valence-corrected chi connectivity index (χ1v) is 9.66. The first-order valence-electron chi connectivity index (χ1n) is 9.66. The SMILES string of the molecule is CCNC(=NCc1cccc(NC(=O)CN(C)C)c1)NCCc1ccccc1. The first-order chi connectivity index (χ1) is 13.6. The Morgan fingerprint density at radius 2 is 1.75 bits per heavy atom. The molecule has 28 heavy (non-hydrogen) atoms. The minimum Gasteiger partial charge on any atom is -0.357 e. The third-order valence-electron chi connectivity index (χ3n) is 3.98. The number of hydrogen-bond donors (Lipinski definition) is 3. The van der Waals surface area contributed by atoms with Crippen molar-refractivity contribution >= 4 is 17.6 Å². The topological polar surface area (TPSA) is 68.8 Å². The Morgan fingerprint density at radius 1 is 1.00 bits per heavy atom. The molecule has 6 nitrogen and oxygen atoms in total. The molecule has 0 spiro atoms. The van der Waals surface area contributed by atoms with Gasteiger partial charge in [0.15, 0.2) is 5.96 Å². The Hall–Kier alpha value is -2.86. The lowest BCUT2D eigenvalue weighted by Gasteiger charge is -2.12. The number of rotatable bonds is 9. The second kappa shape index (κ2) is 11.8. The van der Waals surface area contributed by atoms with Gasteiger partial charge < -0.3 is 20.9 Å². The van der Waals surface area contributed by atoms with Crippen LogP contribution in [0, 0.1) is 0 Å². The van der Waals surface area contributed by atoms with Crippen LogP contribution in [-0.2, 0) is 17.8 Å². The van der Waals surface area contributed by atoms with Crippen molar-refractivity contribution in [2.75, 3.05) is 39.0 Å². The van der Waals surface area contributed by atoms with Crippen LogP contribution in [0.2, 0.25) is 0 Å². The van der Waals surface area contributed by atoms with E-state index in [1.165, 1.54) is 5.56 Å². The molecule has 2 aromatic rings. The van der Waals surface area contributed by atoms with Crippen LogP contribution < -0.4 is 16.0 Å². The number of guanidine groups is 1. The van der Waals surface area contributed by atoms with E-state index in [0.29, 0.717) is 13.1 Å². The third kappa shape index (κ3) is 8.22. The molecule has 1 amide bonds. The molecule has 0 aliphatic carbocycles. The summed E-state index contributed by atoms with van der Waals surface area (Å²) in [4.78, 5) is 18.4. The number of likely N-dealkylation sites (N-methyl/N-ethyl adjacent to an activating group) is 1. The highest BCUT2D eigenvalue weighted by Gasteiger charge is 2.04. The van der Waals surface area contributed by atoms with Crippen LogP contribution in [0.3, 0.4) is 0 Å². The predicted molar refractivity (Wildman–Crippen MR) is 117 cm³/mol. The van der Waals surface area contributed by atoms with E-state index >= 15 is 0 Å². The molecule has 3 N–H and O–H groups in total. The number of carbonyl (C=O) groups is 1. The van der Waals surface area contributed by atoms with Gasteiger partial charge in [-0.25, -0.2) is 4.99 Å². The maximum atomic E-state index is 11.9. The number of hydrogen-bond acceptors (Lipinski definition) is 3. The molecule has 0 aromatic heterocycles. The van der Waals surface area contributed by atoms with Gasteiger partial charge in [0, 0.05) is 18.8 Å². The van der Waals surface area contributed by atoms with Crippen LogP contribution in [0.1, 0.15) is 18.1 Å². The van der Waals surface area contributed by atoms with Gasteiger partial charge in [-0.2, -0.15) is 0 Å². The molecule has 2 rings (SSSR count). The number of nitrogens with one attached hydrogen (secondary N) is 3. The zero-order chi connectivity index (χ0) is 20.2. The van der Waals surface area contributed by atoms with Gasteiger partial charge >= 0.3 is 0 Å². The Balaban J connectivity index is 1.90. The maximum Gasteiger partial charge on any atom is 0.238 e. The van der Waals surface area contributed by atoms with Gasteiger partial charge in [-0.15, -0.1) is 0 Å². The molecule has 0 unspecified atom stereocenters. The highest BCUT2D eigenvalue weighted by Crippen LogP contribution is 2.11. The van der Waals surface area contributed by atoms with Gasteiger partial charge in [0.25, 0.3) is 0 Å². The van der Waals surface area contributed by atoms with Gasteiger partial charge in [-0.05, 0) is 50.7 Å². The molecule has 0 saturated heterocycles. The van der Waals surface area contributed by atoms with E-state index in [1.54, 1.807) is 0 Å². The van der Waals surface area contributed by atoms with Crippen molar-refractivity contribution in [3.63, 3.8) is 0 Å². The summed E-state index contributed by atoms with van der Waals surface area (Å²) in [7, 11) is 3.75. The molecular weight excluding hydrogens is 350 g/mol. The van der Waals surface area contributed by atoms with Crippen molar-refractivity contribution in [2.45, 2.75) is 19.9 Å². The number of nitrogens with zero attached hydrogens (tertiary/aromatic N) is 2. The first kappa shape index (κ1) is 21.4. The van der Waals surface area contributed by atoms with Crippen molar-refractivity contribution in [1.82, 2.24) is 15.5 Å². The molecule has 150 valence electrons. The van der Waals surface area contributed by atoms with E-state index in [-0.39, 0.29) is 5.91 Å². The summed E-state index contributed by atoms with van der Waals surface area (Å²) in [6, 6.07) is 18.2. The normalized spacial score (nSPS) is 11.4. The molecule has 0 bridgehead atoms. The minimum atomic E-state index is -0.0263. The van der Waals surface area contributed by atoms with Crippen LogP contribution >= 0.6 is 0 Å². The van der Waals surface area contributed by atoms with Gasteiger partial charge in [0.05, 0.1) is 13.1 Å². The van der Waals surface area contributed by atoms with Crippen LogP contribution in [0.25, 0.3) is 0 Å². The fourth-order valence-corrected chi connectivity index (χ4v) is 2.72. The molecular formula is C22H31N5O. The van der Waals surface area contributed by atoms with Crippen molar-refractivity contribution in [2.24, 2.45) is 4.99 Å². The summed E-state index contributed by atoms with van der Waals surface area (Å²) in [6.07, 6.45) is 0.943. The summed E-state index contributed by atoms with van der Waals surface area (Å²) in [5.74, 6) is 0.766. The lowest BCUT2D eigenvalue weighted by Crippen LogP contribution is -2.38. The molecule has 0 radical (unpaired) electrons. The fourth-order valence-electron chi connectivity index (χ4n) is 2.72.